The van der Waals surface area contributed by atoms with Crippen molar-refractivity contribution in [1.82, 2.24) is 0 Å². The van der Waals surface area contributed by atoms with Crippen molar-refractivity contribution in [2.45, 2.75) is 146 Å². The lowest BCUT2D eigenvalue weighted by atomic mass is 9.41. The fourth-order valence-electron chi connectivity index (χ4n) is 10.8. The van der Waals surface area contributed by atoms with Crippen molar-refractivity contribution >= 4 is 12.3 Å². The Labute approximate surface area is 248 Å². The molecule has 7 rings (SSSR count). The molecule has 6 fully saturated rings. The molecule has 0 aromatic heterocycles. The first-order chi connectivity index (χ1) is 19.9. The number of hydrogen-bond acceptors (Lipinski definition) is 9. The number of fused-ring (bicyclic) bond motifs is 6. The van der Waals surface area contributed by atoms with Crippen molar-refractivity contribution in [3.63, 3.8) is 0 Å². The highest BCUT2D eigenvalue weighted by Crippen LogP contribution is 2.70. The second kappa shape index (κ2) is 9.82. The summed E-state index contributed by atoms with van der Waals surface area (Å²) in [5.41, 5.74) is -2.44. The molecule has 42 heavy (non-hydrogen) atoms. The fourth-order valence-corrected chi connectivity index (χ4v) is 10.8. The topological polar surface area (TPSA) is 121 Å². The molecule has 0 radical (unpaired) electrons. The number of carbonyl (C=O) groups is 2. The number of rotatable bonds is 5. The first-order valence-corrected chi connectivity index (χ1v) is 16.3. The Morgan fingerprint density at radius 2 is 1.83 bits per heavy atom. The molecule has 9 nitrogen and oxygen atoms in total. The van der Waals surface area contributed by atoms with Gasteiger partial charge < -0.3 is 38.7 Å². The summed E-state index contributed by atoms with van der Waals surface area (Å²) in [6.45, 7) is 8.49. The molecule has 3 aliphatic heterocycles. The zero-order valence-electron chi connectivity index (χ0n) is 25.5. The van der Waals surface area contributed by atoms with E-state index in [2.05, 4.69) is 6.92 Å². The molecule has 4 aliphatic carbocycles. The molecule has 234 valence electrons. The second-order valence-electron chi connectivity index (χ2n) is 15.0. The van der Waals surface area contributed by atoms with Crippen LogP contribution >= 0.6 is 0 Å². The van der Waals surface area contributed by atoms with Crippen LogP contribution in [0.5, 0.6) is 0 Å². The summed E-state index contributed by atoms with van der Waals surface area (Å²) in [5.74, 6) is -0.980. The molecule has 7 aliphatic rings. The van der Waals surface area contributed by atoms with Crippen molar-refractivity contribution < 1.29 is 43.5 Å². The highest BCUT2D eigenvalue weighted by molar-refractivity contribution is 5.85. The van der Waals surface area contributed by atoms with Gasteiger partial charge in [-0.05, 0) is 95.0 Å². The Morgan fingerprint density at radius 3 is 2.55 bits per heavy atom. The average Bonchev–Trinajstić information content (AvgIpc) is 3.61. The number of hydrogen-bond donors (Lipinski definition) is 2. The maximum atomic E-state index is 13.1. The molecule has 0 amide bonds. The predicted octanol–water partition coefficient (Wildman–Crippen LogP) is 3.97. The summed E-state index contributed by atoms with van der Waals surface area (Å²) in [6.07, 6.45) is 8.56. The summed E-state index contributed by atoms with van der Waals surface area (Å²) in [4.78, 5) is 25.0. The largest absolute Gasteiger partial charge is 0.458 e. The van der Waals surface area contributed by atoms with E-state index in [9.17, 15) is 19.8 Å². The predicted molar refractivity (Wildman–Crippen MR) is 150 cm³/mol. The number of ether oxygens (including phenoxy) is 5. The van der Waals surface area contributed by atoms with Gasteiger partial charge in [0.2, 0.25) is 0 Å². The van der Waals surface area contributed by atoms with Crippen molar-refractivity contribution in [2.24, 2.45) is 28.6 Å². The van der Waals surface area contributed by atoms with Crippen LogP contribution in [0.1, 0.15) is 98.3 Å². The molecule has 0 bridgehead atoms. The number of aliphatic hydroxyl groups is 2. The van der Waals surface area contributed by atoms with Gasteiger partial charge in [0.25, 0.3) is 0 Å². The van der Waals surface area contributed by atoms with E-state index in [1.54, 1.807) is 6.08 Å². The Bertz CT molecular complexity index is 1160. The lowest BCUT2D eigenvalue weighted by Gasteiger charge is -2.65. The fraction of sp³-hybridized carbons (Fsp3) is 0.879. The molecule has 9 heteroatoms. The van der Waals surface area contributed by atoms with Gasteiger partial charge in [-0.3, -0.25) is 0 Å². The van der Waals surface area contributed by atoms with Crippen LogP contribution in [0.3, 0.4) is 0 Å². The molecule has 4 saturated carbocycles. The Morgan fingerprint density at radius 1 is 1.05 bits per heavy atom. The Kier molecular flexibility index (Phi) is 6.86. The average molecular weight is 589 g/mol. The van der Waals surface area contributed by atoms with Gasteiger partial charge in [0.15, 0.2) is 12.1 Å². The smallest absolute Gasteiger partial charge is 0.331 e. The molecule has 2 saturated heterocycles. The zero-order chi connectivity index (χ0) is 29.7. The van der Waals surface area contributed by atoms with E-state index in [0.717, 1.165) is 37.5 Å². The van der Waals surface area contributed by atoms with Gasteiger partial charge in [0.1, 0.15) is 19.0 Å². The number of esters is 1. The molecule has 0 aromatic rings. The van der Waals surface area contributed by atoms with E-state index < -0.39 is 28.7 Å². The maximum Gasteiger partial charge on any atom is 0.331 e. The van der Waals surface area contributed by atoms with Gasteiger partial charge >= 0.3 is 5.97 Å². The van der Waals surface area contributed by atoms with Crippen LogP contribution in [0.25, 0.3) is 0 Å². The van der Waals surface area contributed by atoms with E-state index >= 15 is 0 Å². The third-order valence-corrected chi connectivity index (χ3v) is 13.2. The number of aldehydes is 1. The van der Waals surface area contributed by atoms with Crippen LogP contribution in [-0.4, -0.2) is 76.8 Å². The first-order valence-electron chi connectivity index (χ1n) is 16.3. The molecule has 0 aromatic carbocycles. The van der Waals surface area contributed by atoms with E-state index in [1.165, 1.54) is 0 Å². The Balaban J connectivity index is 1.07. The van der Waals surface area contributed by atoms with Gasteiger partial charge in [-0.1, -0.05) is 13.8 Å². The van der Waals surface area contributed by atoms with Crippen LogP contribution in [0, 0.1) is 28.6 Å². The van der Waals surface area contributed by atoms with E-state index in [4.69, 9.17) is 23.7 Å². The summed E-state index contributed by atoms with van der Waals surface area (Å²) < 4.78 is 30.4. The lowest BCUT2D eigenvalue weighted by molar-refractivity contribution is -0.278. The summed E-state index contributed by atoms with van der Waals surface area (Å²) >= 11 is 0. The van der Waals surface area contributed by atoms with Crippen LogP contribution in [-0.2, 0) is 33.3 Å². The van der Waals surface area contributed by atoms with Gasteiger partial charge in [-0.15, -0.1) is 0 Å². The minimum absolute atomic E-state index is 0.0744. The van der Waals surface area contributed by atoms with Gasteiger partial charge in [-0.25, -0.2) is 4.79 Å². The van der Waals surface area contributed by atoms with E-state index in [0.29, 0.717) is 51.6 Å². The third-order valence-electron chi connectivity index (χ3n) is 13.2. The van der Waals surface area contributed by atoms with Gasteiger partial charge in [0.05, 0.1) is 34.9 Å². The van der Waals surface area contributed by atoms with Crippen molar-refractivity contribution in [1.29, 1.82) is 0 Å². The Hall–Kier alpha value is -1.36. The molecule has 3 heterocycles. The van der Waals surface area contributed by atoms with E-state index in [-0.39, 0.29) is 53.6 Å². The minimum atomic E-state index is -1.19. The molecular formula is C33H48O9. The van der Waals surface area contributed by atoms with Gasteiger partial charge in [0, 0.05) is 24.3 Å². The van der Waals surface area contributed by atoms with Crippen LogP contribution in [0.4, 0.5) is 0 Å². The standard InChI is InChI=1S/C33H48O9/c1-5-30(4)41-25-15-27(39-19(2)28(25)42-30)40-21-6-11-31(18-34)23-7-10-29(3)22(20-14-26(35)38-17-20)9-13-33(29,37)24(23)8-12-32(31,36)16-21/h14,18-19,21-25,27-28,36-37H,5-13,15-17H2,1-4H3/t19?,21?,22-,23-,24?,25?,27?,28?,29+,30?,31-,32?,33?/m1/s1. The third kappa shape index (κ3) is 4.02. The lowest BCUT2D eigenvalue weighted by Crippen LogP contribution is -2.69. The summed E-state index contributed by atoms with van der Waals surface area (Å²) in [6, 6.07) is 0. The minimum Gasteiger partial charge on any atom is -0.458 e. The number of cyclic esters (lactones) is 1. The molecule has 9 unspecified atom stereocenters. The van der Waals surface area contributed by atoms with Crippen molar-refractivity contribution in [3.8, 4) is 0 Å². The van der Waals surface area contributed by atoms with Crippen molar-refractivity contribution in [3.05, 3.63) is 11.6 Å². The van der Waals surface area contributed by atoms with Crippen LogP contribution in [0.15, 0.2) is 11.6 Å². The normalized spacial score (nSPS) is 55.2. The zero-order valence-corrected chi connectivity index (χ0v) is 25.5. The monoisotopic (exact) mass is 588 g/mol. The molecule has 13 atom stereocenters. The maximum absolute atomic E-state index is 13.1. The highest BCUT2D eigenvalue weighted by atomic mass is 16.8. The van der Waals surface area contributed by atoms with E-state index in [1.807, 2.05) is 20.8 Å². The van der Waals surface area contributed by atoms with Crippen LogP contribution in [0.2, 0.25) is 0 Å². The van der Waals surface area contributed by atoms with Gasteiger partial charge in [-0.2, -0.15) is 0 Å². The SMILES string of the molecule is CCC1(C)OC2CC(OC3CC[C@@]4(C=O)[C@@H]5CC[C@@]6(C)[C@@H](C7=CC(=O)OC7)CCC6(O)C5CCC4(O)C3)OC(C)C2O1. The van der Waals surface area contributed by atoms with Crippen molar-refractivity contribution in [2.75, 3.05) is 6.61 Å². The number of carbonyl (C=O) groups excluding carboxylic acids is 2. The summed E-state index contributed by atoms with van der Waals surface area (Å²) in [7, 11) is 0. The molecular weight excluding hydrogens is 540 g/mol. The quantitative estimate of drug-likeness (QED) is 0.279. The highest BCUT2D eigenvalue weighted by Gasteiger charge is 2.71. The van der Waals surface area contributed by atoms with Crippen LogP contribution < -0.4 is 0 Å². The summed E-state index contributed by atoms with van der Waals surface area (Å²) in [5, 5.41) is 24.7. The molecule has 2 N–H and O–H groups in total. The molecule has 0 spiro atoms. The second-order valence-corrected chi connectivity index (χ2v) is 15.0. The first kappa shape index (κ1) is 29.4.